The van der Waals surface area contributed by atoms with Gasteiger partial charge in [0.2, 0.25) is 5.91 Å². The molecule has 0 spiro atoms. The Kier molecular flexibility index (Phi) is 5.43. The molecule has 1 aliphatic heterocycles. The maximum Gasteiger partial charge on any atom is 0.408 e. The number of hydrogen-bond donors (Lipinski definition) is 2. The average molecular weight is 334 g/mol. The molecule has 0 saturated carbocycles. The zero-order valence-electron chi connectivity index (χ0n) is 14.0. The van der Waals surface area contributed by atoms with Gasteiger partial charge in [-0.2, -0.15) is 0 Å². The molecule has 7 nitrogen and oxygen atoms in total. The summed E-state index contributed by atoms with van der Waals surface area (Å²) in [4.78, 5) is 36.0. The fourth-order valence-electron chi connectivity index (χ4n) is 2.28. The van der Waals surface area contributed by atoms with Gasteiger partial charge in [-0.1, -0.05) is 30.3 Å². The molecule has 2 atom stereocenters. The molecule has 1 aromatic rings. The van der Waals surface area contributed by atoms with Crippen LogP contribution >= 0.6 is 0 Å². The van der Waals surface area contributed by atoms with Crippen molar-refractivity contribution in [3.63, 3.8) is 0 Å². The monoisotopic (exact) mass is 334 g/mol. The highest BCUT2D eigenvalue weighted by Crippen LogP contribution is 2.15. The third kappa shape index (κ3) is 4.97. The molecule has 1 aliphatic rings. The number of benzene rings is 1. The van der Waals surface area contributed by atoms with Crippen LogP contribution in [0.25, 0.3) is 0 Å². The highest BCUT2D eigenvalue weighted by molar-refractivity contribution is 5.94. The molecule has 2 amide bonds. The summed E-state index contributed by atoms with van der Waals surface area (Å²) >= 11 is 0. The number of carbonyl (C=O) groups is 3. The third-order valence-corrected chi connectivity index (χ3v) is 3.38. The molecule has 1 saturated heterocycles. The summed E-state index contributed by atoms with van der Waals surface area (Å²) in [6.07, 6.45) is -0.745. The molecule has 24 heavy (non-hydrogen) atoms. The van der Waals surface area contributed by atoms with E-state index in [-0.39, 0.29) is 13.2 Å². The van der Waals surface area contributed by atoms with Crippen molar-refractivity contribution in [2.24, 2.45) is 5.92 Å². The Morgan fingerprint density at radius 2 is 1.92 bits per heavy atom. The summed E-state index contributed by atoms with van der Waals surface area (Å²) in [5, 5.41) is 5.00. The van der Waals surface area contributed by atoms with Crippen LogP contribution in [-0.2, 0) is 25.7 Å². The summed E-state index contributed by atoms with van der Waals surface area (Å²) in [6, 6.07) is 8.23. The minimum atomic E-state index is -0.997. The number of carbonyl (C=O) groups excluding carboxylic acids is 3. The number of ether oxygens (including phenoxy) is 2. The maximum atomic E-state index is 12.2. The fourth-order valence-corrected chi connectivity index (χ4v) is 2.28. The van der Waals surface area contributed by atoms with E-state index in [1.165, 1.54) is 0 Å². The molecule has 0 radical (unpaired) electrons. The first-order valence-electron chi connectivity index (χ1n) is 7.74. The maximum absolute atomic E-state index is 12.2. The SMILES string of the molecule is CC(C)(C)OC(=O)N[C@@H]1C(=O)NC[C@H]1C(=O)OCc1ccccc1. The number of nitrogens with one attached hydrogen (secondary N) is 2. The van der Waals surface area contributed by atoms with E-state index in [0.29, 0.717) is 0 Å². The Labute approximate surface area is 140 Å². The first-order valence-corrected chi connectivity index (χ1v) is 7.74. The molecular weight excluding hydrogens is 312 g/mol. The first-order chi connectivity index (χ1) is 11.3. The molecule has 0 bridgehead atoms. The molecule has 0 aliphatic carbocycles. The highest BCUT2D eigenvalue weighted by atomic mass is 16.6. The quantitative estimate of drug-likeness (QED) is 0.811. The number of rotatable bonds is 4. The molecule has 1 aromatic carbocycles. The number of esters is 1. The Hall–Kier alpha value is -2.57. The average Bonchev–Trinajstić information content (AvgIpc) is 2.85. The van der Waals surface area contributed by atoms with E-state index in [9.17, 15) is 14.4 Å². The Morgan fingerprint density at radius 1 is 1.25 bits per heavy atom. The van der Waals surface area contributed by atoms with Gasteiger partial charge in [-0.15, -0.1) is 0 Å². The van der Waals surface area contributed by atoms with Crippen molar-refractivity contribution < 1.29 is 23.9 Å². The fraction of sp³-hybridized carbons (Fsp3) is 0.471. The largest absolute Gasteiger partial charge is 0.460 e. The second kappa shape index (κ2) is 7.33. The van der Waals surface area contributed by atoms with Crippen LogP contribution in [0.15, 0.2) is 30.3 Å². The van der Waals surface area contributed by atoms with Gasteiger partial charge in [0.25, 0.3) is 0 Å². The summed E-state index contributed by atoms with van der Waals surface area (Å²) in [6.45, 7) is 5.38. The van der Waals surface area contributed by atoms with Crippen molar-refractivity contribution in [1.29, 1.82) is 0 Å². The van der Waals surface area contributed by atoms with E-state index in [0.717, 1.165) is 5.56 Å². The summed E-state index contributed by atoms with van der Waals surface area (Å²) in [5.74, 6) is -1.76. The van der Waals surface area contributed by atoms with Crippen LogP contribution < -0.4 is 10.6 Å². The normalized spacial score (nSPS) is 20.2. The Morgan fingerprint density at radius 3 is 2.54 bits per heavy atom. The van der Waals surface area contributed by atoms with Gasteiger partial charge in [0.1, 0.15) is 24.2 Å². The van der Waals surface area contributed by atoms with Crippen LogP contribution in [0.4, 0.5) is 4.79 Å². The Bertz CT molecular complexity index is 609. The van der Waals surface area contributed by atoms with Crippen molar-refractivity contribution in [1.82, 2.24) is 10.6 Å². The van der Waals surface area contributed by atoms with Gasteiger partial charge >= 0.3 is 12.1 Å². The van der Waals surface area contributed by atoms with E-state index in [1.807, 2.05) is 30.3 Å². The van der Waals surface area contributed by atoms with Gasteiger partial charge in [0.05, 0.1) is 0 Å². The van der Waals surface area contributed by atoms with Crippen molar-refractivity contribution in [3.8, 4) is 0 Å². The summed E-state index contributed by atoms with van der Waals surface area (Å²) in [7, 11) is 0. The van der Waals surface area contributed by atoms with E-state index in [2.05, 4.69) is 10.6 Å². The molecule has 1 heterocycles. The van der Waals surface area contributed by atoms with Gasteiger partial charge < -0.3 is 20.1 Å². The zero-order chi connectivity index (χ0) is 17.7. The molecule has 1 fully saturated rings. The molecule has 130 valence electrons. The lowest BCUT2D eigenvalue weighted by molar-refractivity contribution is -0.150. The first kappa shape index (κ1) is 17.8. The van der Waals surface area contributed by atoms with E-state index >= 15 is 0 Å². The van der Waals surface area contributed by atoms with Crippen molar-refractivity contribution >= 4 is 18.0 Å². The van der Waals surface area contributed by atoms with Crippen LogP contribution in [-0.4, -0.2) is 36.2 Å². The number of amides is 2. The van der Waals surface area contributed by atoms with Gasteiger partial charge in [0.15, 0.2) is 0 Å². The number of hydrogen-bond acceptors (Lipinski definition) is 5. The van der Waals surface area contributed by atoms with Gasteiger partial charge in [-0.25, -0.2) is 4.79 Å². The number of alkyl carbamates (subject to hydrolysis) is 1. The van der Waals surface area contributed by atoms with Gasteiger partial charge in [-0.05, 0) is 26.3 Å². The molecule has 0 aromatic heterocycles. The van der Waals surface area contributed by atoms with Crippen molar-refractivity contribution in [2.75, 3.05) is 6.54 Å². The predicted molar refractivity (Wildman–Crippen MR) is 85.9 cm³/mol. The van der Waals surface area contributed by atoms with Crippen LogP contribution in [0.5, 0.6) is 0 Å². The lowest BCUT2D eigenvalue weighted by Gasteiger charge is -2.22. The predicted octanol–water partition coefficient (Wildman–Crippen LogP) is 1.37. The molecule has 7 heteroatoms. The molecule has 2 N–H and O–H groups in total. The minimum Gasteiger partial charge on any atom is -0.460 e. The zero-order valence-corrected chi connectivity index (χ0v) is 14.0. The molecular formula is C17H22N2O5. The van der Waals surface area contributed by atoms with E-state index < -0.39 is 35.5 Å². The lowest BCUT2D eigenvalue weighted by Crippen LogP contribution is -2.47. The summed E-state index contributed by atoms with van der Waals surface area (Å²) < 4.78 is 10.4. The van der Waals surface area contributed by atoms with Crippen LogP contribution in [0.1, 0.15) is 26.3 Å². The van der Waals surface area contributed by atoms with Crippen molar-refractivity contribution in [3.05, 3.63) is 35.9 Å². The minimum absolute atomic E-state index is 0.115. The van der Waals surface area contributed by atoms with E-state index in [4.69, 9.17) is 9.47 Å². The second-order valence-electron chi connectivity index (χ2n) is 6.57. The third-order valence-electron chi connectivity index (χ3n) is 3.38. The van der Waals surface area contributed by atoms with Crippen LogP contribution in [0, 0.1) is 5.92 Å². The smallest absolute Gasteiger partial charge is 0.408 e. The second-order valence-corrected chi connectivity index (χ2v) is 6.57. The van der Waals surface area contributed by atoms with E-state index in [1.54, 1.807) is 20.8 Å². The van der Waals surface area contributed by atoms with Crippen LogP contribution in [0.2, 0.25) is 0 Å². The summed E-state index contributed by atoms with van der Waals surface area (Å²) in [5.41, 5.74) is 0.155. The molecule has 2 rings (SSSR count). The van der Waals surface area contributed by atoms with Crippen LogP contribution in [0.3, 0.4) is 0 Å². The Balaban J connectivity index is 1.93. The van der Waals surface area contributed by atoms with Crippen molar-refractivity contribution in [2.45, 2.75) is 39.0 Å². The lowest BCUT2D eigenvalue weighted by atomic mass is 10.0. The topological polar surface area (TPSA) is 93.7 Å². The molecule has 0 unspecified atom stereocenters. The van der Waals surface area contributed by atoms with Gasteiger partial charge in [0, 0.05) is 6.54 Å². The van der Waals surface area contributed by atoms with Gasteiger partial charge in [-0.3, -0.25) is 9.59 Å². The standard InChI is InChI=1S/C17H22N2O5/c1-17(2,3)24-16(22)19-13-12(9-18-14(13)20)15(21)23-10-11-7-5-4-6-8-11/h4-8,12-13H,9-10H2,1-3H3,(H,18,20)(H,19,22)/t12-,13+/m1/s1. The highest BCUT2D eigenvalue weighted by Gasteiger charge is 2.42.